The Morgan fingerprint density at radius 3 is 2.45 bits per heavy atom. The van der Waals surface area contributed by atoms with Crippen LogP contribution in [-0.4, -0.2) is 46.5 Å². The van der Waals surface area contributed by atoms with Crippen LogP contribution in [-0.2, 0) is 0 Å². The van der Waals surface area contributed by atoms with Crippen molar-refractivity contribution in [2.45, 2.75) is 0 Å². The Hall–Kier alpha value is -3.61. The number of carbonyl (C=O) groups excluding carboxylic acids is 1. The molecular formula is C22H20FN5O. The van der Waals surface area contributed by atoms with Gasteiger partial charge in [-0.05, 0) is 36.4 Å². The van der Waals surface area contributed by atoms with E-state index in [0.29, 0.717) is 26.2 Å². The first kappa shape index (κ1) is 17.5. The summed E-state index contributed by atoms with van der Waals surface area (Å²) in [6.45, 7) is 2.41. The van der Waals surface area contributed by atoms with Gasteiger partial charge in [0.05, 0.1) is 22.2 Å². The molecule has 0 spiro atoms. The predicted molar refractivity (Wildman–Crippen MR) is 112 cm³/mol. The first-order valence-corrected chi connectivity index (χ1v) is 9.62. The van der Waals surface area contributed by atoms with Crippen LogP contribution in [0.4, 0.5) is 20.7 Å². The van der Waals surface area contributed by atoms with Crippen molar-refractivity contribution in [1.29, 1.82) is 0 Å². The van der Waals surface area contributed by atoms with E-state index in [1.165, 1.54) is 6.07 Å². The van der Waals surface area contributed by atoms with Crippen molar-refractivity contribution in [3.8, 4) is 0 Å². The molecule has 2 aromatic carbocycles. The number of urea groups is 1. The van der Waals surface area contributed by atoms with Gasteiger partial charge in [-0.2, -0.15) is 0 Å². The number of aromatic nitrogens is 2. The molecular weight excluding hydrogens is 369 g/mol. The number of piperazine rings is 1. The minimum atomic E-state index is -0.435. The molecule has 0 atom stereocenters. The lowest BCUT2D eigenvalue weighted by Crippen LogP contribution is -2.50. The Labute approximate surface area is 167 Å². The number of anilines is 2. The minimum absolute atomic E-state index is 0.200. The Balaban J connectivity index is 1.35. The van der Waals surface area contributed by atoms with Crippen molar-refractivity contribution in [3.05, 3.63) is 72.7 Å². The molecule has 0 radical (unpaired) electrons. The van der Waals surface area contributed by atoms with E-state index in [0.717, 1.165) is 22.4 Å². The molecule has 3 heterocycles. The molecule has 2 amide bonds. The number of nitrogens with zero attached hydrogens (tertiary/aromatic N) is 4. The van der Waals surface area contributed by atoms with E-state index in [9.17, 15) is 9.18 Å². The maximum atomic E-state index is 13.8. The molecule has 0 aliphatic carbocycles. The monoisotopic (exact) mass is 389 g/mol. The normalized spacial score (nSPS) is 14.5. The lowest BCUT2D eigenvalue weighted by atomic mass is 10.2. The maximum Gasteiger partial charge on any atom is 0.322 e. The minimum Gasteiger partial charge on any atom is -0.351 e. The summed E-state index contributed by atoms with van der Waals surface area (Å²) in [5.41, 5.74) is 3.25. The standard InChI is InChI=1S/C22H20FN5O/c23-16-6-1-2-7-17(16)25-22(29)27-14-12-26(13-15-27)21-20-10-5-11-28(20)19-9-4-3-8-18(19)24-21/h1-11H,12-15H2,(H,25,29). The zero-order chi connectivity index (χ0) is 19.8. The highest BCUT2D eigenvalue weighted by molar-refractivity contribution is 5.90. The molecule has 2 aromatic heterocycles. The molecule has 6 nitrogen and oxygen atoms in total. The van der Waals surface area contributed by atoms with Gasteiger partial charge < -0.3 is 19.5 Å². The number of amides is 2. The number of fused-ring (bicyclic) bond motifs is 3. The fraction of sp³-hybridized carbons (Fsp3) is 0.182. The molecule has 1 N–H and O–H groups in total. The summed E-state index contributed by atoms with van der Waals surface area (Å²) in [4.78, 5) is 21.3. The van der Waals surface area contributed by atoms with Crippen molar-refractivity contribution >= 4 is 34.1 Å². The lowest BCUT2D eigenvalue weighted by Gasteiger charge is -2.35. The van der Waals surface area contributed by atoms with E-state index in [2.05, 4.69) is 26.8 Å². The van der Waals surface area contributed by atoms with Gasteiger partial charge in [-0.25, -0.2) is 14.2 Å². The summed E-state index contributed by atoms with van der Waals surface area (Å²) in [6.07, 6.45) is 2.04. The number of rotatable bonds is 2. The molecule has 0 unspecified atom stereocenters. The Kier molecular flexibility index (Phi) is 4.27. The van der Waals surface area contributed by atoms with Gasteiger partial charge in [0.1, 0.15) is 5.82 Å². The number of hydrogen-bond donors (Lipinski definition) is 1. The summed E-state index contributed by atoms with van der Waals surface area (Å²) in [5.74, 6) is 0.485. The van der Waals surface area contributed by atoms with Gasteiger partial charge in [0.25, 0.3) is 0 Å². The van der Waals surface area contributed by atoms with E-state index in [1.54, 1.807) is 23.1 Å². The van der Waals surface area contributed by atoms with Gasteiger partial charge in [0.2, 0.25) is 0 Å². The number of hydrogen-bond acceptors (Lipinski definition) is 3. The number of para-hydroxylation sites is 3. The first-order valence-electron chi connectivity index (χ1n) is 9.62. The van der Waals surface area contributed by atoms with Crippen LogP contribution in [0.15, 0.2) is 66.9 Å². The molecule has 29 heavy (non-hydrogen) atoms. The van der Waals surface area contributed by atoms with Crippen LogP contribution in [0.2, 0.25) is 0 Å². The molecule has 5 rings (SSSR count). The average Bonchev–Trinajstić information content (AvgIpc) is 3.25. The zero-order valence-corrected chi connectivity index (χ0v) is 15.8. The van der Waals surface area contributed by atoms with Gasteiger partial charge in [-0.3, -0.25) is 0 Å². The quantitative estimate of drug-likeness (QED) is 0.564. The van der Waals surface area contributed by atoms with Crippen LogP contribution in [0.25, 0.3) is 16.6 Å². The summed E-state index contributed by atoms with van der Waals surface area (Å²) in [6, 6.07) is 18.1. The predicted octanol–water partition coefficient (Wildman–Crippen LogP) is 3.98. The van der Waals surface area contributed by atoms with E-state index in [1.807, 2.05) is 30.5 Å². The molecule has 1 fully saturated rings. The molecule has 0 bridgehead atoms. The highest BCUT2D eigenvalue weighted by atomic mass is 19.1. The van der Waals surface area contributed by atoms with Crippen LogP contribution < -0.4 is 10.2 Å². The van der Waals surface area contributed by atoms with Crippen LogP contribution in [0.5, 0.6) is 0 Å². The SMILES string of the molecule is O=C(Nc1ccccc1F)N1CCN(c2nc3ccccc3n3cccc23)CC1. The molecule has 146 valence electrons. The van der Waals surface area contributed by atoms with Crippen LogP contribution >= 0.6 is 0 Å². The van der Waals surface area contributed by atoms with Gasteiger partial charge >= 0.3 is 6.03 Å². The maximum absolute atomic E-state index is 13.8. The third kappa shape index (κ3) is 3.14. The topological polar surface area (TPSA) is 52.9 Å². The second-order valence-electron chi connectivity index (χ2n) is 7.07. The Morgan fingerprint density at radius 2 is 1.62 bits per heavy atom. The van der Waals surface area contributed by atoms with Crippen molar-refractivity contribution in [2.24, 2.45) is 0 Å². The second kappa shape index (κ2) is 7.09. The number of benzene rings is 2. The summed E-state index contributed by atoms with van der Waals surface area (Å²) in [7, 11) is 0. The van der Waals surface area contributed by atoms with Crippen molar-refractivity contribution in [2.75, 3.05) is 36.4 Å². The molecule has 1 saturated heterocycles. The average molecular weight is 389 g/mol. The Morgan fingerprint density at radius 1 is 0.897 bits per heavy atom. The number of halogens is 1. The highest BCUT2D eigenvalue weighted by Gasteiger charge is 2.24. The van der Waals surface area contributed by atoms with Gasteiger partial charge in [-0.15, -0.1) is 0 Å². The lowest BCUT2D eigenvalue weighted by molar-refractivity contribution is 0.208. The van der Waals surface area contributed by atoms with E-state index >= 15 is 0 Å². The van der Waals surface area contributed by atoms with Crippen LogP contribution in [0.1, 0.15) is 0 Å². The number of carbonyl (C=O) groups is 1. The summed E-state index contributed by atoms with van der Waals surface area (Å²) in [5, 5.41) is 2.66. The third-order valence-electron chi connectivity index (χ3n) is 5.33. The molecule has 7 heteroatoms. The molecule has 4 aromatic rings. The fourth-order valence-corrected chi connectivity index (χ4v) is 3.82. The van der Waals surface area contributed by atoms with E-state index in [4.69, 9.17) is 4.98 Å². The summed E-state index contributed by atoms with van der Waals surface area (Å²) >= 11 is 0. The van der Waals surface area contributed by atoms with Gasteiger partial charge in [0.15, 0.2) is 5.82 Å². The third-order valence-corrected chi connectivity index (χ3v) is 5.33. The van der Waals surface area contributed by atoms with Crippen LogP contribution in [0.3, 0.4) is 0 Å². The molecule has 0 saturated carbocycles. The van der Waals surface area contributed by atoms with Crippen molar-refractivity contribution in [1.82, 2.24) is 14.3 Å². The van der Waals surface area contributed by atoms with E-state index < -0.39 is 5.82 Å². The molecule has 1 aliphatic rings. The highest BCUT2D eigenvalue weighted by Crippen LogP contribution is 2.26. The van der Waals surface area contributed by atoms with Crippen molar-refractivity contribution in [3.63, 3.8) is 0 Å². The van der Waals surface area contributed by atoms with Crippen LogP contribution in [0, 0.1) is 5.82 Å². The van der Waals surface area contributed by atoms with Gasteiger partial charge in [0, 0.05) is 32.4 Å². The fourth-order valence-electron chi connectivity index (χ4n) is 3.82. The van der Waals surface area contributed by atoms with Gasteiger partial charge in [-0.1, -0.05) is 24.3 Å². The largest absolute Gasteiger partial charge is 0.351 e. The second-order valence-corrected chi connectivity index (χ2v) is 7.07. The Bertz CT molecular complexity index is 1200. The molecule has 1 aliphatic heterocycles. The first-order chi connectivity index (χ1) is 14.2. The smallest absolute Gasteiger partial charge is 0.322 e. The van der Waals surface area contributed by atoms with Crippen molar-refractivity contribution < 1.29 is 9.18 Å². The zero-order valence-electron chi connectivity index (χ0n) is 15.8. The van der Waals surface area contributed by atoms with E-state index in [-0.39, 0.29) is 11.7 Å². The summed E-state index contributed by atoms with van der Waals surface area (Å²) < 4.78 is 15.9. The number of nitrogens with one attached hydrogen (secondary N) is 1.